The average molecular weight is 405 g/mol. The maximum Gasteiger partial charge on any atom is 0.245 e. The minimum atomic E-state index is -0.245. The second-order valence-corrected chi connectivity index (χ2v) is 8.21. The lowest BCUT2D eigenvalue weighted by atomic mass is 9.92. The summed E-state index contributed by atoms with van der Waals surface area (Å²) in [6.07, 6.45) is 1.18. The van der Waals surface area contributed by atoms with Crippen LogP contribution in [0.3, 0.4) is 0 Å². The van der Waals surface area contributed by atoms with Crippen LogP contribution in [0.2, 0.25) is 5.02 Å². The van der Waals surface area contributed by atoms with Gasteiger partial charge in [0.2, 0.25) is 11.8 Å². The zero-order chi connectivity index (χ0) is 20.9. The number of rotatable bonds is 7. The monoisotopic (exact) mass is 404 g/mol. The number of nitrogens with one attached hydrogen (secondary N) is 1. The van der Waals surface area contributed by atoms with Crippen molar-refractivity contribution in [2.24, 2.45) is 0 Å². The van der Waals surface area contributed by atoms with Crippen LogP contribution in [0.25, 0.3) is 5.69 Å². The molecule has 6 nitrogen and oxygen atoms in total. The van der Waals surface area contributed by atoms with Crippen LogP contribution in [0.1, 0.15) is 53.2 Å². The van der Waals surface area contributed by atoms with E-state index >= 15 is 0 Å². The fourth-order valence-corrected chi connectivity index (χ4v) is 2.88. The third-order valence-electron chi connectivity index (χ3n) is 4.30. The van der Waals surface area contributed by atoms with Gasteiger partial charge in [0.1, 0.15) is 5.82 Å². The molecule has 0 aliphatic rings. The maximum atomic E-state index is 12.6. The van der Waals surface area contributed by atoms with Crippen LogP contribution < -0.4 is 5.32 Å². The Bertz CT molecular complexity index is 822. The van der Waals surface area contributed by atoms with E-state index in [1.165, 1.54) is 0 Å². The normalized spacial score (nSPS) is 11.4. The molecule has 2 rings (SSSR count). The Hall–Kier alpha value is -2.34. The Labute approximate surface area is 171 Å². The number of hydrogen-bond donors (Lipinski definition) is 1. The molecule has 0 aliphatic heterocycles. The lowest BCUT2D eigenvalue weighted by molar-refractivity contribution is -0.134. The summed E-state index contributed by atoms with van der Waals surface area (Å²) in [6, 6.07) is 9.13. The van der Waals surface area contributed by atoms with Crippen LogP contribution >= 0.6 is 11.6 Å². The van der Waals surface area contributed by atoms with Crippen molar-refractivity contribution in [1.29, 1.82) is 0 Å². The van der Waals surface area contributed by atoms with Gasteiger partial charge in [-0.3, -0.25) is 9.59 Å². The minimum Gasteiger partial charge on any atom is -0.333 e. The third-order valence-corrected chi connectivity index (χ3v) is 4.55. The highest BCUT2D eigenvalue weighted by Gasteiger charge is 2.22. The first kappa shape index (κ1) is 22.0. The van der Waals surface area contributed by atoms with Gasteiger partial charge in [0.15, 0.2) is 0 Å². The van der Waals surface area contributed by atoms with Crippen LogP contribution in [0.4, 0.5) is 5.82 Å². The van der Waals surface area contributed by atoms with Crippen molar-refractivity contribution in [3.05, 3.63) is 41.0 Å². The van der Waals surface area contributed by atoms with Crippen LogP contribution in [-0.2, 0) is 15.0 Å². The molecule has 0 aliphatic carbocycles. The Kier molecular flexibility index (Phi) is 7.24. The summed E-state index contributed by atoms with van der Waals surface area (Å²) >= 11 is 5.99. The van der Waals surface area contributed by atoms with Gasteiger partial charge in [-0.05, 0) is 30.7 Å². The molecule has 0 saturated carbocycles. The average Bonchev–Trinajstić information content (AvgIpc) is 3.05. The van der Waals surface area contributed by atoms with Gasteiger partial charge in [0.25, 0.3) is 0 Å². The number of amides is 2. The number of anilines is 1. The molecule has 0 saturated heterocycles. The Morgan fingerprint density at radius 2 is 1.82 bits per heavy atom. The third kappa shape index (κ3) is 5.58. The molecule has 1 aromatic heterocycles. The van der Waals surface area contributed by atoms with Crippen molar-refractivity contribution in [2.75, 3.05) is 18.4 Å². The molecule has 152 valence electrons. The fourth-order valence-electron chi connectivity index (χ4n) is 2.76. The second-order valence-electron chi connectivity index (χ2n) is 7.77. The maximum absolute atomic E-state index is 12.6. The number of hydrogen-bond acceptors (Lipinski definition) is 3. The van der Waals surface area contributed by atoms with Gasteiger partial charge < -0.3 is 10.2 Å². The van der Waals surface area contributed by atoms with Gasteiger partial charge in [0, 0.05) is 29.5 Å². The second kappa shape index (κ2) is 9.24. The van der Waals surface area contributed by atoms with Crippen molar-refractivity contribution in [2.45, 2.75) is 52.9 Å². The fraction of sp³-hybridized carbons (Fsp3) is 0.476. The Morgan fingerprint density at radius 3 is 2.36 bits per heavy atom. The van der Waals surface area contributed by atoms with Crippen molar-refractivity contribution >= 4 is 29.2 Å². The molecule has 0 atom stereocenters. The summed E-state index contributed by atoms with van der Waals surface area (Å²) in [5, 5.41) is 8.23. The predicted octanol–water partition coefficient (Wildman–Crippen LogP) is 4.41. The highest BCUT2D eigenvalue weighted by atomic mass is 35.5. The summed E-state index contributed by atoms with van der Waals surface area (Å²) in [4.78, 5) is 26.3. The number of nitrogens with zero attached hydrogens (tertiary/aromatic N) is 3. The van der Waals surface area contributed by atoms with Gasteiger partial charge in [-0.25, -0.2) is 4.68 Å². The Balaban J connectivity index is 2.30. The first-order chi connectivity index (χ1) is 13.2. The topological polar surface area (TPSA) is 67.2 Å². The molecule has 1 N–H and O–H groups in total. The largest absolute Gasteiger partial charge is 0.333 e. The number of aromatic nitrogens is 2. The van der Waals surface area contributed by atoms with Crippen molar-refractivity contribution in [3.8, 4) is 5.69 Å². The van der Waals surface area contributed by atoms with E-state index in [1.54, 1.807) is 28.6 Å². The summed E-state index contributed by atoms with van der Waals surface area (Å²) in [7, 11) is 0. The van der Waals surface area contributed by atoms with E-state index in [2.05, 4.69) is 31.2 Å². The summed E-state index contributed by atoms with van der Waals surface area (Å²) < 4.78 is 1.70. The molecule has 2 aromatic rings. The molecule has 0 fully saturated rings. The highest BCUT2D eigenvalue weighted by Crippen LogP contribution is 2.26. The minimum absolute atomic E-state index is 0.0250. The molecule has 7 heteroatoms. The van der Waals surface area contributed by atoms with E-state index in [1.807, 2.05) is 25.1 Å². The van der Waals surface area contributed by atoms with Crippen molar-refractivity contribution in [1.82, 2.24) is 14.7 Å². The number of benzene rings is 1. The lowest BCUT2D eigenvalue weighted by Gasteiger charge is -2.21. The zero-order valence-electron chi connectivity index (χ0n) is 17.3. The standard InChI is InChI=1S/C21H29ClN4O2/c1-6-12-25(20(28)7-2)14-19(27)23-18-13-17(21(3,4)5)24-26(18)16-10-8-15(22)9-11-16/h8-11,13H,6-7,12,14H2,1-5H3,(H,23,27). The molecule has 0 unspecified atom stereocenters. The van der Waals surface area contributed by atoms with Crippen LogP contribution in [0, 0.1) is 0 Å². The van der Waals surface area contributed by atoms with Crippen molar-refractivity contribution in [3.63, 3.8) is 0 Å². The van der Waals surface area contributed by atoms with Gasteiger partial charge in [-0.2, -0.15) is 5.10 Å². The SMILES string of the molecule is CCCN(CC(=O)Nc1cc(C(C)(C)C)nn1-c1ccc(Cl)cc1)C(=O)CC. The summed E-state index contributed by atoms with van der Waals surface area (Å²) in [5.41, 5.74) is 1.47. The number of carbonyl (C=O) groups is 2. The van der Waals surface area contributed by atoms with E-state index in [0.29, 0.717) is 23.8 Å². The summed E-state index contributed by atoms with van der Waals surface area (Å²) in [5.74, 6) is 0.294. The molecule has 0 spiro atoms. The molecule has 28 heavy (non-hydrogen) atoms. The van der Waals surface area contributed by atoms with Gasteiger partial charge in [-0.1, -0.05) is 46.2 Å². The quantitative estimate of drug-likeness (QED) is 0.743. The van der Waals surface area contributed by atoms with Gasteiger partial charge in [0.05, 0.1) is 17.9 Å². The van der Waals surface area contributed by atoms with E-state index in [9.17, 15) is 9.59 Å². The number of carbonyl (C=O) groups excluding carboxylic acids is 2. The van der Waals surface area contributed by atoms with Crippen LogP contribution in [0.5, 0.6) is 0 Å². The lowest BCUT2D eigenvalue weighted by Crippen LogP contribution is -2.38. The molecular weight excluding hydrogens is 376 g/mol. The zero-order valence-corrected chi connectivity index (χ0v) is 18.0. The van der Waals surface area contributed by atoms with E-state index in [-0.39, 0.29) is 23.8 Å². The van der Waals surface area contributed by atoms with E-state index < -0.39 is 0 Å². The Morgan fingerprint density at radius 1 is 1.18 bits per heavy atom. The first-order valence-electron chi connectivity index (χ1n) is 9.59. The van der Waals surface area contributed by atoms with Crippen LogP contribution in [0.15, 0.2) is 30.3 Å². The molecule has 0 radical (unpaired) electrons. The van der Waals surface area contributed by atoms with Gasteiger partial charge in [-0.15, -0.1) is 0 Å². The predicted molar refractivity (Wildman–Crippen MR) is 113 cm³/mol. The van der Waals surface area contributed by atoms with Crippen molar-refractivity contribution < 1.29 is 9.59 Å². The summed E-state index contributed by atoms with van der Waals surface area (Å²) in [6.45, 7) is 10.6. The molecular formula is C21H29ClN4O2. The first-order valence-corrected chi connectivity index (χ1v) is 9.97. The molecule has 2 amide bonds. The highest BCUT2D eigenvalue weighted by molar-refractivity contribution is 6.30. The molecule has 0 bridgehead atoms. The molecule has 1 aromatic carbocycles. The van der Waals surface area contributed by atoms with E-state index in [0.717, 1.165) is 17.8 Å². The molecule has 1 heterocycles. The van der Waals surface area contributed by atoms with Crippen LogP contribution in [-0.4, -0.2) is 39.6 Å². The number of halogens is 1. The van der Waals surface area contributed by atoms with E-state index in [4.69, 9.17) is 11.6 Å². The smallest absolute Gasteiger partial charge is 0.245 e. The van der Waals surface area contributed by atoms with Gasteiger partial charge >= 0.3 is 0 Å².